The summed E-state index contributed by atoms with van der Waals surface area (Å²) < 4.78 is 74.0. The van der Waals surface area contributed by atoms with E-state index in [1.165, 1.54) is 6.92 Å². The average molecular weight is 242 g/mol. The quantitative estimate of drug-likeness (QED) is 0.555. The van der Waals surface area contributed by atoms with Gasteiger partial charge in [0.15, 0.2) is 0 Å². The lowest BCUT2D eigenvalue weighted by Crippen LogP contribution is -2.14. The van der Waals surface area contributed by atoms with Crippen molar-refractivity contribution in [1.82, 2.24) is 0 Å². The molecule has 0 aliphatic heterocycles. The van der Waals surface area contributed by atoms with Crippen LogP contribution in [0.5, 0.6) is 0 Å². The fraction of sp³-hybridized carbons (Fsp3) is 0.400. The summed E-state index contributed by atoms with van der Waals surface area (Å²) in [5.41, 5.74) is -2.29. The van der Waals surface area contributed by atoms with E-state index in [1.54, 1.807) is 0 Å². The van der Waals surface area contributed by atoms with Crippen LogP contribution in [0.15, 0.2) is 34.9 Å². The van der Waals surface area contributed by atoms with E-state index in [0.717, 1.165) is 12.2 Å². The molecule has 0 aromatic carbocycles. The van der Waals surface area contributed by atoms with Gasteiger partial charge in [0, 0.05) is 0 Å². The number of allylic oxidation sites excluding steroid dienone is 6. The molecule has 0 nitrogen and oxygen atoms in total. The van der Waals surface area contributed by atoms with Crippen LogP contribution in [0.25, 0.3) is 0 Å². The molecule has 0 saturated carbocycles. The number of rotatable bonds is 0. The fourth-order valence-corrected chi connectivity index (χ4v) is 1.22. The lowest BCUT2D eigenvalue weighted by atomic mass is 10.1. The number of hydrogen-bond acceptors (Lipinski definition) is 0. The van der Waals surface area contributed by atoms with E-state index >= 15 is 0 Å². The van der Waals surface area contributed by atoms with E-state index in [-0.39, 0.29) is 18.1 Å². The molecule has 0 amide bonds. The first-order valence-corrected chi connectivity index (χ1v) is 4.34. The van der Waals surface area contributed by atoms with Crippen molar-refractivity contribution >= 4 is 0 Å². The maximum atomic E-state index is 12.3. The standard InChI is InChI=1S/C10H8F6/c1-6-2-3-7(9(11,12)13)5-8(4-6)10(14,15)16/h3-5H,2H2,1H3. The van der Waals surface area contributed by atoms with Gasteiger partial charge in [-0.15, -0.1) is 0 Å². The van der Waals surface area contributed by atoms with Gasteiger partial charge >= 0.3 is 12.4 Å². The van der Waals surface area contributed by atoms with Gasteiger partial charge in [-0.25, -0.2) is 0 Å². The van der Waals surface area contributed by atoms with Crippen LogP contribution in [-0.4, -0.2) is 12.4 Å². The van der Waals surface area contributed by atoms with E-state index in [9.17, 15) is 26.3 Å². The van der Waals surface area contributed by atoms with E-state index in [0.29, 0.717) is 0 Å². The number of halogens is 6. The number of hydrogen-bond donors (Lipinski definition) is 0. The molecule has 0 atom stereocenters. The van der Waals surface area contributed by atoms with Crippen molar-refractivity contribution in [1.29, 1.82) is 0 Å². The highest BCUT2D eigenvalue weighted by Crippen LogP contribution is 2.35. The van der Waals surface area contributed by atoms with Crippen molar-refractivity contribution in [3.63, 3.8) is 0 Å². The van der Waals surface area contributed by atoms with Crippen molar-refractivity contribution in [3.8, 4) is 0 Å². The number of alkyl halides is 6. The molecule has 1 aliphatic carbocycles. The van der Waals surface area contributed by atoms with Crippen LogP contribution in [0, 0.1) is 0 Å². The topological polar surface area (TPSA) is 0 Å². The minimum absolute atomic E-state index is 0.134. The molecule has 0 N–H and O–H groups in total. The van der Waals surface area contributed by atoms with Crippen LogP contribution in [0.1, 0.15) is 13.3 Å². The second-order valence-electron chi connectivity index (χ2n) is 3.45. The Morgan fingerprint density at radius 3 is 1.81 bits per heavy atom. The zero-order valence-electron chi connectivity index (χ0n) is 8.21. The minimum atomic E-state index is -4.77. The zero-order valence-corrected chi connectivity index (χ0v) is 8.21. The molecule has 0 aromatic rings. The molecule has 0 unspecified atom stereocenters. The van der Waals surface area contributed by atoms with E-state index in [2.05, 4.69) is 0 Å². The lowest BCUT2D eigenvalue weighted by molar-refractivity contribution is -0.0933. The van der Waals surface area contributed by atoms with Crippen LogP contribution >= 0.6 is 0 Å². The Bertz CT molecular complexity index is 364. The third-order valence-electron chi connectivity index (χ3n) is 2.01. The lowest BCUT2D eigenvalue weighted by Gasteiger charge is -2.10. The molecule has 0 saturated heterocycles. The smallest absolute Gasteiger partial charge is 0.166 e. The van der Waals surface area contributed by atoms with Gasteiger partial charge in [0.1, 0.15) is 0 Å². The summed E-state index contributed by atoms with van der Waals surface area (Å²) in [6.45, 7) is 1.36. The van der Waals surface area contributed by atoms with Crippen molar-refractivity contribution in [2.75, 3.05) is 0 Å². The summed E-state index contributed by atoms with van der Waals surface area (Å²) in [4.78, 5) is 0. The largest absolute Gasteiger partial charge is 0.416 e. The molecule has 16 heavy (non-hydrogen) atoms. The first-order chi connectivity index (χ1) is 7.10. The van der Waals surface area contributed by atoms with Gasteiger partial charge in [0.2, 0.25) is 0 Å². The summed E-state index contributed by atoms with van der Waals surface area (Å²) in [5, 5.41) is 0. The summed E-state index contributed by atoms with van der Waals surface area (Å²) in [6, 6.07) is 0. The Hall–Kier alpha value is -1.20. The monoisotopic (exact) mass is 242 g/mol. The third kappa shape index (κ3) is 3.15. The highest BCUT2D eigenvalue weighted by molar-refractivity contribution is 5.40. The van der Waals surface area contributed by atoms with Gasteiger partial charge in [-0.3, -0.25) is 0 Å². The maximum absolute atomic E-state index is 12.3. The van der Waals surface area contributed by atoms with Crippen molar-refractivity contribution in [2.24, 2.45) is 0 Å². The predicted octanol–water partition coefficient (Wildman–Crippen LogP) is 4.31. The molecule has 6 heteroatoms. The van der Waals surface area contributed by atoms with E-state index < -0.39 is 23.5 Å². The molecule has 0 bridgehead atoms. The minimum Gasteiger partial charge on any atom is -0.166 e. The molecular formula is C10H8F6. The SMILES string of the molecule is CC1=CC(C(F)(F)F)=CC(C(F)(F)F)=CC1. The Morgan fingerprint density at radius 1 is 0.875 bits per heavy atom. The van der Waals surface area contributed by atoms with Gasteiger partial charge in [-0.05, 0) is 19.4 Å². The highest BCUT2D eigenvalue weighted by Gasteiger charge is 2.38. The molecule has 90 valence electrons. The molecule has 1 rings (SSSR count). The van der Waals surface area contributed by atoms with Gasteiger partial charge in [-0.2, -0.15) is 26.3 Å². The van der Waals surface area contributed by atoms with Gasteiger partial charge in [0.25, 0.3) is 0 Å². The highest BCUT2D eigenvalue weighted by atomic mass is 19.4. The third-order valence-corrected chi connectivity index (χ3v) is 2.01. The molecule has 0 aromatic heterocycles. The Labute approximate surface area is 87.9 Å². The van der Waals surface area contributed by atoms with E-state index in [1.807, 2.05) is 0 Å². The second-order valence-corrected chi connectivity index (χ2v) is 3.45. The zero-order chi connectivity index (χ0) is 12.6. The maximum Gasteiger partial charge on any atom is 0.416 e. The van der Waals surface area contributed by atoms with E-state index in [4.69, 9.17) is 0 Å². The fourth-order valence-electron chi connectivity index (χ4n) is 1.22. The summed E-state index contributed by atoms with van der Waals surface area (Å²) >= 11 is 0. The van der Waals surface area contributed by atoms with Crippen LogP contribution in [0.4, 0.5) is 26.3 Å². The van der Waals surface area contributed by atoms with Crippen LogP contribution in [0.3, 0.4) is 0 Å². The molecular weight excluding hydrogens is 234 g/mol. The summed E-state index contributed by atoms with van der Waals surface area (Å²) in [5.74, 6) is 0. The van der Waals surface area contributed by atoms with Gasteiger partial charge in [0.05, 0.1) is 11.1 Å². The average Bonchev–Trinajstić information content (AvgIpc) is 2.24. The van der Waals surface area contributed by atoms with Crippen molar-refractivity contribution in [2.45, 2.75) is 25.7 Å². The van der Waals surface area contributed by atoms with Crippen LogP contribution in [-0.2, 0) is 0 Å². The second kappa shape index (κ2) is 3.99. The molecule has 0 heterocycles. The van der Waals surface area contributed by atoms with Crippen LogP contribution in [0.2, 0.25) is 0 Å². The van der Waals surface area contributed by atoms with Gasteiger partial charge < -0.3 is 0 Å². The Balaban J connectivity index is 3.20. The first-order valence-electron chi connectivity index (χ1n) is 4.34. The summed E-state index contributed by atoms with van der Waals surface area (Å²) in [6.07, 6.45) is -8.04. The van der Waals surface area contributed by atoms with Gasteiger partial charge in [-0.1, -0.05) is 17.7 Å². The van der Waals surface area contributed by atoms with Crippen LogP contribution < -0.4 is 0 Å². The Morgan fingerprint density at radius 2 is 1.38 bits per heavy atom. The normalized spacial score (nSPS) is 18.6. The molecule has 0 radical (unpaired) electrons. The van der Waals surface area contributed by atoms with Crippen molar-refractivity contribution in [3.05, 3.63) is 34.9 Å². The first kappa shape index (κ1) is 12.9. The molecule has 0 spiro atoms. The Kier molecular flexibility index (Phi) is 3.21. The summed E-state index contributed by atoms with van der Waals surface area (Å²) in [7, 11) is 0. The molecule has 1 aliphatic rings. The molecule has 0 fully saturated rings. The predicted molar refractivity (Wildman–Crippen MR) is 46.7 cm³/mol. The van der Waals surface area contributed by atoms with Crippen molar-refractivity contribution < 1.29 is 26.3 Å².